The van der Waals surface area contributed by atoms with E-state index in [1.54, 1.807) is 10.4 Å². The number of sulfonamides is 1. The van der Waals surface area contributed by atoms with Gasteiger partial charge in [0.1, 0.15) is 0 Å². The van der Waals surface area contributed by atoms with Crippen LogP contribution in [0.5, 0.6) is 0 Å². The fourth-order valence-electron chi connectivity index (χ4n) is 3.35. The average Bonchev–Trinajstić information content (AvgIpc) is 2.57. The average molecular weight is 345 g/mol. The molecule has 2 aromatic rings. The van der Waals surface area contributed by atoms with Crippen molar-refractivity contribution in [2.75, 3.05) is 26.7 Å². The zero-order chi connectivity index (χ0) is 17.3. The molecule has 0 aliphatic carbocycles. The van der Waals surface area contributed by atoms with Crippen LogP contribution in [0.1, 0.15) is 22.7 Å². The van der Waals surface area contributed by atoms with Crippen LogP contribution in [0.3, 0.4) is 0 Å². The van der Waals surface area contributed by atoms with Crippen molar-refractivity contribution < 1.29 is 13.3 Å². The van der Waals surface area contributed by atoms with Gasteiger partial charge in [0, 0.05) is 0 Å². The molecular weight excluding hydrogens is 320 g/mol. The number of quaternary nitrogens is 1. The number of nitrogens with zero attached hydrogens (tertiary/aromatic N) is 1. The third kappa shape index (κ3) is 3.24. The lowest BCUT2D eigenvalue weighted by atomic mass is 10.1. The van der Waals surface area contributed by atoms with Gasteiger partial charge in [-0.2, -0.15) is 4.31 Å². The smallest absolute Gasteiger partial charge is 0.244 e. The number of rotatable bonds is 3. The van der Waals surface area contributed by atoms with Crippen molar-refractivity contribution in [3.05, 3.63) is 65.2 Å². The fraction of sp³-hybridized carbons (Fsp3) is 0.368. The molecule has 1 saturated heterocycles. The lowest BCUT2D eigenvalue weighted by Gasteiger charge is -2.37. The highest BCUT2D eigenvalue weighted by Gasteiger charge is 2.38. The summed E-state index contributed by atoms with van der Waals surface area (Å²) in [6, 6.07) is 15.5. The van der Waals surface area contributed by atoms with Gasteiger partial charge in [-0.3, -0.25) is 0 Å². The molecule has 0 bridgehead atoms. The van der Waals surface area contributed by atoms with Crippen LogP contribution >= 0.6 is 0 Å². The number of likely N-dealkylation sites (N-methyl/N-ethyl adjacent to an activating group) is 1. The van der Waals surface area contributed by atoms with Gasteiger partial charge < -0.3 is 4.90 Å². The Morgan fingerprint density at radius 3 is 2.50 bits per heavy atom. The second kappa shape index (κ2) is 6.67. The van der Waals surface area contributed by atoms with Gasteiger partial charge in [0.05, 0.1) is 37.6 Å². The van der Waals surface area contributed by atoms with E-state index in [9.17, 15) is 8.42 Å². The monoisotopic (exact) mass is 345 g/mol. The van der Waals surface area contributed by atoms with Gasteiger partial charge in [-0.05, 0) is 36.6 Å². The van der Waals surface area contributed by atoms with Crippen LogP contribution < -0.4 is 4.90 Å². The first-order valence-electron chi connectivity index (χ1n) is 8.35. The van der Waals surface area contributed by atoms with Gasteiger partial charge in [-0.25, -0.2) is 8.42 Å². The predicted octanol–water partition coefficient (Wildman–Crippen LogP) is 1.56. The molecule has 2 atom stereocenters. The fourth-order valence-corrected chi connectivity index (χ4v) is 5.27. The molecule has 0 amide bonds. The quantitative estimate of drug-likeness (QED) is 0.917. The van der Waals surface area contributed by atoms with Crippen LogP contribution in [-0.2, 0) is 10.0 Å². The molecular formula is C19H25N2O2S+. The van der Waals surface area contributed by atoms with Crippen molar-refractivity contribution >= 4 is 10.0 Å². The third-order valence-electron chi connectivity index (χ3n) is 4.76. The topological polar surface area (TPSA) is 41.8 Å². The Hall–Kier alpha value is -1.69. The highest BCUT2D eigenvalue weighted by Crippen LogP contribution is 2.29. The van der Waals surface area contributed by atoms with E-state index in [0.717, 1.165) is 29.8 Å². The van der Waals surface area contributed by atoms with Crippen molar-refractivity contribution in [2.45, 2.75) is 24.8 Å². The van der Waals surface area contributed by atoms with Crippen LogP contribution in [0.4, 0.5) is 0 Å². The van der Waals surface area contributed by atoms with E-state index in [0.29, 0.717) is 11.4 Å². The summed E-state index contributed by atoms with van der Waals surface area (Å²) in [5.41, 5.74) is 2.83. The molecule has 4 nitrogen and oxygen atoms in total. The number of hydrogen-bond acceptors (Lipinski definition) is 2. The Bertz CT molecular complexity index is 819. The van der Waals surface area contributed by atoms with Crippen molar-refractivity contribution in [2.24, 2.45) is 0 Å². The number of piperazine rings is 1. The summed E-state index contributed by atoms with van der Waals surface area (Å²) < 4.78 is 28.4. The predicted molar refractivity (Wildman–Crippen MR) is 95.6 cm³/mol. The number of benzene rings is 2. The minimum absolute atomic E-state index is 0.120. The Labute approximate surface area is 144 Å². The van der Waals surface area contributed by atoms with Gasteiger partial charge in [-0.15, -0.1) is 0 Å². The van der Waals surface area contributed by atoms with E-state index in [-0.39, 0.29) is 6.04 Å². The van der Waals surface area contributed by atoms with E-state index in [4.69, 9.17) is 0 Å². The van der Waals surface area contributed by atoms with Gasteiger partial charge in [0.2, 0.25) is 10.0 Å². The molecule has 1 unspecified atom stereocenters. The highest BCUT2D eigenvalue weighted by atomic mass is 32.2. The van der Waals surface area contributed by atoms with Crippen LogP contribution in [0.2, 0.25) is 0 Å². The second-order valence-electron chi connectivity index (χ2n) is 6.72. The minimum Gasteiger partial charge on any atom is -0.335 e. The molecule has 1 aliphatic heterocycles. The van der Waals surface area contributed by atoms with Crippen LogP contribution in [0, 0.1) is 13.8 Å². The SMILES string of the molecule is Cc1ccc(C)c(S(=O)(=O)N2CC[NH+](C)C[C@@H]2c2ccccc2)c1. The maximum absolute atomic E-state index is 13.4. The minimum atomic E-state index is -3.52. The van der Waals surface area contributed by atoms with Crippen LogP contribution in [0.25, 0.3) is 0 Å². The molecule has 5 heteroatoms. The van der Waals surface area contributed by atoms with Crippen molar-refractivity contribution in [1.29, 1.82) is 0 Å². The molecule has 2 aromatic carbocycles. The second-order valence-corrected chi connectivity index (χ2v) is 8.58. The summed E-state index contributed by atoms with van der Waals surface area (Å²) in [6.45, 7) is 5.95. The van der Waals surface area contributed by atoms with Gasteiger partial charge >= 0.3 is 0 Å². The summed E-state index contributed by atoms with van der Waals surface area (Å²) in [4.78, 5) is 1.79. The van der Waals surface area contributed by atoms with Crippen molar-refractivity contribution in [3.63, 3.8) is 0 Å². The molecule has 3 rings (SSSR count). The Morgan fingerprint density at radius 1 is 1.08 bits per heavy atom. The van der Waals surface area contributed by atoms with E-state index in [2.05, 4.69) is 7.05 Å². The molecule has 0 spiro atoms. The lowest BCUT2D eigenvalue weighted by Crippen LogP contribution is -3.12. The molecule has 128 valence electrons. The van der Waals surface area contributed by atoms with Crippen molar-refractivity contribution in [1.82, 2.24) is 4.31 Å². The maximum atomic E-state index is 13.4. The largest absolute Gasteiger partial charge is 0.335 e. The maximum Gasteiger partial charge on any atom is 0.244 e. The Morgan fingerprint density at radius 2 is 1.79 bits per heavy atom. The molecule has 24 heavy (non-hydrogen) atoms. The summed E-state index contributed by atoms with van der Waals surface area (Å²) in [7, 11) is -1.39. The van der Waals surface area contributed by atoms with Crippen LogP contribution in [-0.4, -0.2) is 39.4 Å². The molecule has 1 aliphatic rings. The summed E-state index contributed by atoms with van der Waals surface area (Å²) in [5, 5.41) is 0. The molecule has 0 saturated carbocycles. The standard InChI is InChI=1S/C19H24N2O2S/c1-15-9-10-16(2)19(13-15)24(22,23)21-12-11-20(3)14-18(21)17-7-5-4-6-8-17/h4-10,13,18H,11-12,14H2,1-3H3/p+1/t18-/m1/s1. The molecule has 1 N–H and O–H groups in total. The van der Waals surface area contributed by atoms with E-state index >= 15 is 0 Å². The van der Waals surface area contributed by atoms with Gasteiger partial charge in [0.25, 0.3) is 0 Å². The van der Waals surface area contributed by atoms with Gasteiger partial charge in [0.15, 0.2) is 0 Å². The van der Waals surface area contributed by atoms with Gasteiger partial charge in [-0.1, -0.05) is 42.5 Å². The van der Waals surface area contributed by atoms with E-state index in [1.165, 1.54) is 4.90 Å². The summed E-state index contributed by atoms with van der Waals surface area (Å²) in [6.07, 6.45) is 0. The number of nitrogens with one attached hydrogen (secondary N) is 1. The molecule has 1 fully saturated rings. The van der Waals surface area contributed by atoms with E-state index < -0.39 is 10.0 Å². The Kier molecular flexibility index (Phi) is 4.76. The zero-order valence-electron chi connectivity index (χ0n) is 14.5. The zero-order valence-corrected chi connectivity index (χ0v) is 15.3. The first kappa shape index (κ1) is 17.1. The first-order valence-corrected chi connectivity index (χ1v) is 9.79. The van der Waals surface area contributed by atoms with E-state index in [1.807, 2.05) is 56.3 Å². The first-order chi connectivity index (χ1) is 11.4. The summed E-state index contributed by atoms with van der Waals surface area (Å²) in [5.74, 6) is 0. The molecule has 1 heterocycles. The Balaban J connectivity index is 2.05. The number of aryl methyl sites for hydroxylation is 2. The highest BCUT2D eigenvalue weighted by molar-refractivity contribution is 7.89. The normalized spacial score (nSPS) is 22.5. The van der Waals surface area contributed by atoms with Crippen LogP contribution in [0.15, 0.2) is 53.4 Å². The molecule has 0 aromatic heterocycles. The third-order valence-corrected chi connectivity index (χ3v) is 6.81. The summed E-state index contributed by atoms with van der Waals surface area (Å²) >= 11 is 0. The van der Waals surface area contributed by atoms with Crippen molar-refractivity contribution in [3.8, 4) is 0 Å². The molecule has 0 radical (unpaired) electrons. The number of hydrogen-bond donors (Lipinski definition) is 1. The lowest BCUT2D eigenvalue weighted by molar-refractivity contribution is -0.887.